The maximum Gasteiger partial charge on any atom is 0.272 e. The Balaban J connectivity index is 1.87. The minimum atomic E-state index is -0.245. The smallest absolute Gasteiger partial charge is 0.272 e. The maximum atomic E-state index is 12.6. The molecule has 1 N–H and O–H groups in total. The molecule has 5 nitrogen and oxygen atoms in total. The van der Waals surface area contributed by atoms with Gasteiger partial charge in [0.2, 0.25) is 0 Å². The number of hydrogen-bond acceptors (Lipinski definition) is 4. The Morgan fingerprint density at radius 1 is 1.38 bits per heavy atom. The minimum absolute atomic E-state index is 0.245. The van der Waals surface area contributed by atoms with Crippen molar-refractivity contribution in [2.75, 3.05) is 12.4 Å². The van der Waals surface area contributed by atoms with Gasteiger partial charge in [-0.15, -0.1) is 11.3 Å². The zero-order chi connectivity index (χ0) is 17.3. The van der Waals surface area contributed by atoms with Gasteiger partial charge in [-0.2, -0.15) is 0 Å². The van der Waals surface area contributed by atoms with Crippen LogP contribution in [0.15, 0.2) is 35.8 Å². The zero-order valence-electron chi connectivity index (χ0n) is 13.5. The second-order valence-corrected chi connectivity index (χ2v) is 6.75. The number of aryl methyl sites for hydroxylation is 2. The Morgan fingerprint density at radius 2 is 2.17 bits per heavy atom. The lowest BCUT2D eigenvalue weighted by molar-refractivity contribution is 0.101. The zero-order valence-corrected chi connectivity index (χ0v) is 15.0. The number of nitrogens with one attached hydrogen (secondary N) is 1. The summed E-state index contributed by atoms with van der Waals surface area (Å²) in [6.45, 7) is 1.95. The lowest BCUT2D eigenvalue weighted by atomic mass is 10.2. The van der Waals surface area contributed by atoms with Crippen molar-refractivity contribution in [3.8, 4) is 17.0 Å². The summed E-state index contributed by atoms with van der Waals surface area (Å²) in [6, 6.07) is 6.93. The summed E-state index contributed by atoms with van der Waals surface area (Å²) in [6.07, 6.45) is 1.89. The van der Waals surface area contributed by atoms with Gasteiger partial charge in [0, 0.05) is 30.3 Å². The number of ether oxygens (including phenoxy) is 1. The molecular weight excluding hydrogens is 346 g/mol. The number of rotatable bonds is 4. The predicted molar refractivity (Wildman–Crippen MR) is 97.2 cm³/mol. The number of thiazole rings is 1. The van der Waals surface area contributed by atoms with Crippen molar-refractivity contribution in [2.24, 2.45) is 7.05 Å². The molecule has 0 aliphatic carbocycles. The average Bonchev–Trinajstić information content (AvgIpc) is 3.15. The van der Waals surface area contributed by atoms with Gasteiger partial charge in [0.25, 0.3) is 5.91 Å². The molecule has 2 heterocycles. The summed E-state index contributed by atoms with van der Waals surface area (Å²) in [5.74, 6) is 0.381. The van der Waals surface area contributed by atoms with Gasteiger partial charge in [-0.25, -0.2) is 4.98 Å². The highest BCUT2D eigenvalue weighted by Gasteiger charge is 2.15. The summed E-state index contributed by atoms with van der Waals surface area (Å²) in [5.41, 5.74) is 2.80. The number of benzene rings is 1. The van der Waals surface area contributed by atoms with Gasteiger partial charge in [-0.3, -0.25) is 4.79 Å². The Hall–Kier alpha value is -2.31. The molecule has 0 spiro atoms. The fourth-order valence-electron chi connectivity index (χ4n) is 2.34. The summed E-state index contributed by atoms with van der Waals surface area (Å²) in [7, 11) is 3.39. The molecule has 0 atom stereocenters. The fourth-order valence-corrected chi connectivity index (χ4v) is 3.13. The lowest BCUT2D eigenvalue weighted by Crippen LogP contribution is -2.15. The topological polar surface area (TPSA) is 56.1 Å². The van der Waals surface area contributed by atoms with Crippen LogP contribution in [0.5, 0.6) is 5.75 Å². The molecule has 1 aromatic carbocycles. The highest BCUT2D eigenvalue weighted by atomic mass is 35.5. The van der Waals surface area contributed by atoms with Crippen molar-refractivity contribution >= 4 is 34.5 Å². The van der Waals surface area contributed by atoms with E-state index in [-0.39, 0.29) is 5.91 Å². The van der Waals surface area contributed by atoms with E-state index < -0.39 is 0 Å². The van der Waals surface area contributed by atoms with Crippen molar-refractivity contribution in [2.45, 2.75) is 6.92 Å². The average molecular weight is 362 g/mol. The molecular formula is C17H16ClN3O2S. The van der Waals surface area contributed by atoms with E-state index in [1.165, 1.54) is 0 Å². The van der Waals surface area contributed by atoms with Gasteiger partial charge in [0.15, 0.2) is 0 Å². The van der Waals surface area contributed by atoms with E-state index >= 15 is 0 Å². The fraction of sp³-hybridized carbons (Fsp3) is 0.176. The first kappa shape index (κ1) is 16.5. The highest BCUT2D eigenvalue weighted by molar-refractivity contribution is 7.09. The molecule has 24 heavy (non-hydrogen) atoms. The Bertz CT molecular complexity index is 901. The molecule has 0 fully saturated rings. The van der Waals surface area contributed by atoms with E-state index in [4.69, 9.17) is 16.3 Å². The third kappa shape index (κ3) is 3.29. The standard InChI is InChI=1S/C17H16ClN3O2S/c1-10-19-15(9-24-10)11-6-16(21(2)8-11)17(22)20-14-7-12(23-3)4-5-13(14)18/h4-9H,1-3H3,(H,20,22). The predicted octanol–water partition coefficient (Wildman–Crippen LogP) is 4.37. The lowest BCUT2D eigenvalue weighted by Gasteiger charge is -2.09. The van der Waals surface area contributed by atoms with Crippen LogP contribution in [-0.4, -0.2) is 22.6 Å². The monoisotopic (exact) mass is 361 g/mol. The van der Waals surface area contributed by atoms with E-state index in [9.17, 15) is 4.79 Å². The molecule has 3 aromatic rings. The Kier molecular flexibility index (Phi) is 4.59. The van der Waals surface area contributed by atoms with Gasteiger partial charge in [0.05, 0.1) is 28.5 Å². The van der Waals surface area contributed by atoms with E-state index in [2.05, 4.69) is 10.3 Å². The molecule has 0 radical (unpaired) electrons. The van der Waals surface area contributed by atoms with Crippen LogP contribution in [0.2, 0.25) is 5.02 Å². The maximum absolute atomic E-state index is 12.6. The number of carbonyl (C=O) groups excluding carboxylic acids is 1. The van der Waals surface area contributed by atoms with Crippen molar-refractivity contribution in [1.29, 1.82) is 0 Å². The molecule has 2 aromatic heterocycles. The van der Waals surface area contributed by atoms with Crippen LogP contribution in [0.25, 0.3) is 11.3 Å². The molecule has 0 unspecified atom stereocenters. The van der Waals surface area contributed by atoms with Crippen LogP contribution in [0, 0.1) is 6.92 Å². The first-order valence-corrected chi connectivity index (χ1v) is 8.47. The number of amides is 1. The first-order valence-electron chi connectivity index (χ1n) is 7.21. The van der Waals surface area contributed by atoms with Crippen LogP contribution in [0.1, 0.15) is 15.5 Å². The molecule has 0 saturated heterocycles. The van der Waals surface area contributed by atoms with Crippen molar-refractivity contribution in [3.63, 3.8) is 0 Å². The van der Waals surface area contributed by atoms with Crippen LogP contribution < -0.4 is 10.1 Å². The quantitative estimate of drug-likeness (QED) is 0.750. The van der Waals surface area contributed by atoms with Gasteiger partial charge in [0.1, 0.15) is 11.4 Å². The summed E-state index contributed by atoms with van der Waals surface area (Å²) in [4.78, 5) is 17.0. The second-order valence-electron chi connectivity index (χ2n) is 5.28. The van der Waals surface area contributed by atoms with Gasteiger partial charge < -0.3 is 14.6 Å². The second kappa shape index (κ2) is 6.67. The Morgan fingerprint density at radius 3 is 2.83 bits per heavy atom. The summed E-state index contributed by atoms with van der Waals surface area (Å²) in [5, 5.41) is 6.24. The van der Waals surface area contributed by atoms with Crippen molar-refractivity contribution < 1.29 is 9.53 Å². The minimum Gasteiger partial charge on any atom is -0.497 e. The molecule has 0 aliphatic rings. The first-order chi connectivity index (χ1) is 11.5. The number of hydrogen-bond donors (Lipinski definition) is 1. The number of methoxy groups -OCH3 is 1. The van der Waals surface area contributed by atoms with Crippen molar-refractivity contribution in [1.82, 2.24) is 9.55 Å². The molecule has 7 heteroatoms. The van der Waals surface area contributed by atoms with Gasteiger partial charge in [-0.05, 0) is 25.1 Å². The SMILES string of the molecule is COc1ccc(Cl)c(NC(=O)c2cc(-c3csc(C)n3)cn2C)c1. The summed E-state index contributed by atoms with van der Waals surface area (Å²) < 4.78 is 6.93. The van der Waals surface area contributed by atoms with E-state index in [1.807, 2.05) is 31.6 Å². The van der Waals surface area contributed by atoms with Crippen molar-refractivity contribution in [3.05, 3.63) is 51.6 Å². The number of aromatic nitrogens is 2. The van der Waals surface area contributed by atoms with Gasteiger partial charge >= 0.3 is 0 Å². The normalized spacial score (nSPS) is 10.7. The van der Waals surface area contributed by atoms with Crippen LogP contribution in [0.3, 0.4) is 0 Å². The number of carbonyl (C=O) groups is 1. The highest BCUT2D eigenvalue weighted by Crippen LogP contribution is 2.28. The van der Waals surface area contributed by atoms with E-state index in [1.54, 1.807) is 41.2 Å². The third-order valence-electron chi connectivity index (χ3n) is 3.57. The van der Waals surface area contributed by atoms with Crippen LogP contribution >= 0.6 is 22.9 Å². The molecule has 1 amide bonds. The van der Waals surface area contributed by atoms with Crippen LogP contribution in [0.4, 0.5) is 5.69 Å². The van der Waals surface area contributed by atoms with E-state index in [0.29, 0.717) is 22.2 Å². The number of anilines is 1. The molecule has 124 valence electrons. The Labute approximate surface area is 148 Å². The largest absolute Gasteiger partial charge is 0.497 e. The number of halogens is 1. The molecule has 3 rings (SSSR count). The third-order valence-corrected chi connectivity index (χ3v) is 4.68. The van der Waals surface area contributed by atoms with Gasteiger partial charge in [-0.1, -0.05) is 11.6 Å². The molecule has 0 saturated carbocycles. The summed E-state index contributed by atoms with van der Waals surface area (Å²) >= 11 is 7.72. The molecule has 0 bridgehead atoms. The number of nitrogens with zero attached hydrogens (tertiary/aromatic N) is 2. The van der Waals surface area contributed by atoms with Crippen LogP contribution in [-0.2, 0) is 7.05 Å². The molecule has 0 aliphatic heterocycles. The van der Waals surface area contributed by atoms with E-state index in [0.717, 1.165) is 16.3 Å².